The Balaban J connectivity index is 1.88. The van der Waals surface area contributed by atoms with Crippen LogP contribution in [0.1, 0.15) is 27.7 Å². The van der Waals surface area contributed by atoms with E-state index in [1.807, 2.05) is 0 Å². The molecule has 0 fully saturated rings. The number of carboxylic acid groups (broad SMARTS) is 1. The molecule has 3 aromatic carbocycles. The molecule has 0 bridgehead atoms. The van der Waals surface area contributed by atoms with E-state index < -0.39 is 24.7 Å². The van der Waals surface area contributed by atoms with Crippen LogP contribution in [0.25, 0.3) is 10.8 Å². The molecular formula is C22H17F2NO6. The Kier molecular flexibility index (Phi) is 5.20. The van der Waals surface area contributed by atoms with E-state index in [4.69, 9.17) is 9.84 Å². The summed E-state index contributed by atoms with van der Waals surface area (Å²) in [5.74, 6) is -1.72. The molecule has 31 heavy (non-hydrogen) atoms. The maximum absolute atomic E-state index is 13.2. The van der Waals surface area contributed by atoms with Crippen molar-refractivity contribution in [2.24, 2.45) is 0 Å². The van der Waals surface area contributed by atoms with Crippen molar-refractivity contribution in [1.82, 2.24) is 0 Å². The predicted molar refractivity (Wildman–Crippen MR) is 107 cm³/mol. The van der Waals surface area contributed by atoms with E-state index in [-0.39, 0.29) is 29.0 Å². The van der Waals surface area contributed by atoms with Crippen molar-refractivity contribution in [3.63, 3.8) is 0 Å². The van der Waals surface area contributed by atoms with Gasteiger partial charge in [-0.3, -0.25) is 14.5 Å². The van der Waals surface area contributed by atoms with Crippen LogP contribution < -0.4 is 14.4 Å². The maximum Gasteiger partial charge on any atom is 0.387 e. The van der Waals surface area contributed by atoms with Gasteiger partial charge < -0.3 is 19.7 Å². The van der Waals surface area contributed by atoms with Crippen molar-refractivity contribution in [3.8, 4) is 11.5 Å². The van der Waals surface area contributed by atoms with Gasteiger partial charge in [-0.15, -0.1) is 0 Å². The number of carboxylic acids is 1. The Morgan fingerprint density at radius 2 is 1.87 bits per heavy atom. The number of nitrogens with zero attached hydrogens (tertiary/aromatic N) is 1. The summed E-state index contributed by atoms with van der Waals surface area (Å²) in [6, 6.07) is 12.2. The van der Waals surface area contributed by atoms with Crippen LogP contribution in [0.5, 0.6) is 11.5 Å². The topological polar surface area (TPSA) is 96.3 Å². The van der Waals surface area contributed by atoms with Gasteiger partial charge in [-0.2, -0.15) is 8.78 Å². The number of anilines is 1. The monoisotopic (exact) mass is 429 g/mol. The number of amides is 1. The van der Waals surface area contributed by atoms with Gasteiger partial charge in [-0.25, -0.2) is 0 Å². The molecular weight excluding hydrogens is 412 g/mol. The highest BCUT2D eigenvalue weighted by Gasteiger charge is 2.42. The van der Waals surface area contributed by atoms with Crippen molar-refractivity contribution in [3.05, 3.63) is 65.2 Å². The smallest absolute Gasteiger partial charge is 0.387 e. The highest BCUT2D eigenvalue weighted by molar-refractivity contribution is 6.16. The normalized spacial score (nSPS) is 15.5. The summed E-state index contributed by atoms with van der Waals surface area (Å²) < 4.78 is 36.1. The first-order valence-corrected chi connectivity index (χ1v) is 9.22. The second kappa shape index (κ2) is 7.84. The van der Waals surface area contributed by atoms with Gasteiger partial charge in [0.25, 0.3) is 5.91 Å². The van der Waals surface area contributed by atoms with Crippen LogP contribution in [0.15, 0.2) is 48.5 Å². The van der Waals surface area contributed by atoms with Gasteiger partial charge in [0.2, 0.25) is 0 Å². The molecule has 1 amide bonds. The number of fused-ring (bicyclic) bond motifs is 3. The Morgan fingerprint density at radius 1 is 1.16 bits per heavy atom. The van der Waals surface area contributed by atoms with E-state index in [9.17, 15) is 23.5 Å². The zero-order valence-corrected chi connectivity index (χ0v) is 16.2. The lowest BCUT2D eigenvalue weighted by Gasteiger charge is -2.21. The van der Waals surface area contributed by atoms with Gasteiger partial charge in [0, 0.05) is 16.6 Å². The number of aliphatic hydroxyl groups is 1. The fourth-order valence-corrected chi connectivity index (χ4v) is 3.83. The second-order valence-electron chi connectivity index (χ2n) is 6.89. The Morgan fingerprint density at radius 3 is 2.48 bits per heavy atom. The van der Waals surface area contributed by atoms with E-state index >= 15 is 0 Å². The molecule has 1 heterocycles. The summed E-state index contributed by atoms with van der Waals surface area (Å²) in [6.07, 6.45) is -1.70. The first kappa shape index (κ1) is 20.5. The minimum atomic E-state index is -3.17. The summed E-state index contributed by atoms with van der Waals surface area (Å²) in [6.45, 7) is -3.17. The van der Waals surface area contributed by atoms with Crippen molar-refractivity contribution < 1.29 is 38.1 Å². The summed E-state index contributed by atoms with van der Waals surface area (Å²) in [5, 5.41) is 20.8. The zero-order valence-electron chi connectivity index (χ0n) is 16.2. The SMILES string of the molecule is COc1cccc2cc(OC(F)F)c3c(c12)C(O)N(c1ccc(CC(=O)O)cc1)C3=O. The third-order valence-electron chi connectivity index (χ3n) is 5.07. The first-order valence-electron chi connectivity index (χ1n) is 9.22. The van der Waals surface area contributed by atoms with E-state index in [1.165, 1.54) is 37.4 Å². The summed E-state index contributed by atoms with van der Waals surface area (Å²) in [7, 11) is 1.42. The molecule has 0 spiro atoms. The minimum absolute atomic E-state index is 0.102. The molecule has 1 aliphatic heterocycles. The summed E-state index contributed by atoms with van der Waals surface area (Å²) >= 11 is 0. The van der Waals surface area contributed by atoms with Gasteiger partial charge in [-0.05, 0) is 35.2 Å². The number of aliphatic hydroxyl groups excluding tert-OH is 1. The number of hydrogen-bond acceptors (Lipinski definition) is 5. The molecule has 160 valence electrons. The molecule has 1 unspecified atom stereocenters. The third kappa shape index (κ3) is 3.53. The number of benzene rings is 3. The van der Waals surface area contributed by atoms with Gasteiger partial charge >= 0.3 is 12.6 Å². The van der Waals surface area contributed by atoms with Crippen LogP contribution in [0.4, 0.5) is 14.5 Å². The number of halogens is 2. The number of carbonyl (C=O) groups is 2. The number of hydrogen-bond donors (Lipinski definition) is 2. The number of methoxy groups -OCH3 is 1. The average Bonchev–Trinajstić information content (AvgIpc) is 2.98. The van der Waals surface area contributed by atoms with Crippen molar-refractivity contribution in [2.75, 3.05) is 12.0 Å². The van der Waals surface area contributed by atoms with Crippen LogP contribution in [0.2, 0.25) is 0 Å². The summed E-state index contributed by atoms with van der Waals surface area (Å²) in [5.41, 5.74) is 0.697. The minimum Gasteiger partial charge on any atom is -0.496 e. The molecule has 9 heteroatoms. The first-order chi connectivity index (χ1) is 14.8. The molecule has 0 radical (unpaired) electrons. The number of aliphatic carboxylic acids is 1. The van der Waals surface area contributed by atoms with Crippen molar-refractivity contribution in [2.45, 2.75) is 19.3 Å². The highest BCUT2D eigenvalue weighted by atomic mass is 19.3. The van der Waals surface area contributed by atoms with E-state index in [0.717, 1.165) is 4.90 Å². The molecule has 4 rings (SSSR count). The van der Waals surface area contributed by atoms with Crippen LogP contribution in [0, 0.1) is 0 Å². The molecule has 3 aromatic rings. The number of ether oxygens (including phenoxy) is 2. The van der Waals surface area contributed by atoms with Gasteiger partial charge in [0.1, 0.15) is 11.5 Å². The fourth-order valence-electron chi connectivity index (χ4n) is 3.83. The van der Waals surface area contributed by atoms with Gasteiger partial charge in [0.05, 0.1) is 19.1 Å². The predicted octanol–water partition coefficient (Wildman–Crippen LogP) is 3.73. The Hall–Kier alpha value is -3.72. The molecule has 0 aliphatic carbocycles. The van der Waals surface area contributed by atoms with Crippen LogP contribution >= 0.6 is 0 Å². The standard InChI is InChI=1S/C22H17F2NO6/c1-30-14-4-2-3-12-10-15(31-22(23)24)18-19(17(12)14)21(29)25(20(18)28)13-7-5-11(6-8-13)9-16(26)27/h2-8,10,21-22,29H,9H2,1H3,(H,26,27). The number of carbonyl (C=O) groups excluding carboxylic acids is 1. The molecule has 1 atom stereocenters. The summed E-state index contributed by atoms with van der Waals surface area (Å²) in [4.78, 5) is 25.1. The molecule has 2 N–H and O–H groups in total. The lowest BCUT2D eigenvalue weighted by atomic mass is 9.98. The number of alkyl halides is 2. The molecule has 0 saturated carbocycles. The lowest BCUT2D eigenvalue weighted by Crippen LogP contribution is -2.27. The molecule has 0 aromatic heterocycles. The molecule has 0 saturated heterocycles. The Labute approximate surface area is 175 Å². The highest BCUT2D eigenvalue weighted by Crippen LogP contribution is 2.47. The van der Waals surface area contributed by atoms with E-state index in [1.54, 1.807) is 18.2 Å². The average molecular weight is 429 g/mol. The lowest BCUT2D eigenvalue weighted by molar-refractivity contribution is -0.136. The van der Waals surface area contributed by atoms with Crippen LogP contribution in [-0.2, 0) is 11.2 Å². The zero-order chi connectivity index (χ0) is 22.3. The second-order valence-corrected chi connectivity index (χ2v) is 6.89. The van der Waals surface area contributed by atoms with Crippen LogP contribution in [-0.4, -0.2) is 35.8 Å². The maximum atomic E-state index is 13.2. The molecule has 1 aliphatic rings. The number of rotatable bonds is 6. The quantitative estimate of drug-likeness (QED) is 0.620. The Bertz CT molecular complexity index is 1180. The third-order valence-corrected chi connectivity index (χ3v) is 5.07. The van der Waals surface area contributed by atoms with Crippen molar-refractivity contribution in [1.29, 1.82) is 0 Å². The fraction of sp³-hybridized carbons (Fsp3) is 0.182. The van der Waals surface area contributed by atoms with Crippen LogP contribution in [0.3, 0.4) is 0 Å². The van der Waals surface area contributed by atoms with Gasteiger partial charge in [-0.1, -0.05) is 24.3 Å². The van der Waals surface area contributed by atoms with Crippen molar-refractivity contribution >= 4 is 28.3 Å². The van der Waals surface area contributed by atoms with E-state index in [0.29, 0.717) is 22.1 Å². The largest absolute Gasteiger partial charge is 0.496 e. The van der Waals surface area contributed by atoms with Gasteiger partial charge in [0.15, 0.2) is 6.23 Å². The molecule has 7 nitrogen and oxygen atoms in total. The van der Waals surface area contributed by atoms with E-state index in [2.05, 4.69) is 4.74 Å².